The molecule has 0 aliphatic carbocycles. The first-order chi connectivity index (χ1) is 7.29. The molecule has 2 aliphatic heterocycles. The summed E-state index contributed by atoms with van der Waals surface area (Å²) in [7, 11) is 0. The Balaban J connectivity index is 1.64. The van der Waals surface area contributed by atoms with Gasteiger partial charge in [0.1, 0.15) is 0 Å². The molecule has 1 unspecified atom stereocenters. The van der Waals surface area contributed by atoms with Crippen molar-refractivity contribution in [2.75, 3.05) is 0 Å². The molecule has 2 rings (SSSR count). The van der Waals surface area contributed by atoms with E-state index in [0.717, 1.165) is 12.8 Å². The zero-order chi connectivity index (χ0) is 10.7. The van der Waals surface area contributed by atoms with Crippen molar-refractivity contribution >= 4 is 5.97 Å². The first-order valence-electron chi connectivity index (χ1n) is 6.14. The molecule has 86 valence electrons. The van der Waals surface area contributed by atoms with E-state index < -0.39 is 0 Å². The van der Waals surface area contributed by atoms with Crippen molar-refractivity contribution in [3.63, 3.8) is 0 Å². The Morgan fingerprint density at radius 1 is 1.33 bits per heavy atom. The Kier molecular flexibility index (Phi) is 3.62. The van der Waals surface area contributed by atoms with Crippen molar-refractivity contribution in [3.05, 3.63) is 0 Å². The molecule has 0 aromatic carbocycles. The number of ether oxygens (including phenoxy) is 2. The van der Waals surface area contributed by atoms with Crippen LogP contribution in [0.15, 0.2) is 0 Å². The van der Waals surface area contributed by atoms with Crippen molar-refractivity contribution in [2.24, 2.45) is 5.92 Å². The van der Waals surface area contributed by atoms with Crippen LogP contribution in [0.5, 0.6) is 0 Å². The van der Waals surface area contributed by atoms with E-state index in [-0.39, 0.29) is 12.3 Å². The topological polar surface area (TPSA) is 35.5 Å². The SMILES string of the molecule is CCCCCCC1C[C@H]2CC(=O)O[C@H]2O1. The van der Waals surface area contributed by atoms with Crippen molar-refractivity contribution < 1.29 is 14.3 Å². The van der Waals surface area contributed by atoms with Gasteiger partial charge in [0.2, 0.25) is 6.29 Å². The zero-order valence-electron chi connectivity index (χ0n) is 9.41. The lowest BCUT2D eigenvalue weighted by Crippen LogP contribution is -2.14. The second-order valence-electron chi connectivity index (χ2n) is 4.67. The average molecular weight is 212 g/mol. The molecular formula is C12H20O3. The second-order valence-corrected chi connectivity index (χ2v) is 4.67. The lowest BCUT2D eigenvalue weighted by molar-refractivity contribution is -0.164. The first kappa shape index (κ1) is 10.9. The molecule has 0 spiro atoms. The van der Waals surface area contributed by atoms with Crippen LogP contribution < -0.4 is 0 Å². The van der Waals surface area contributed by atoms with E-state index in [9.17, 15) is 4.79 Å². The molecule has 2 heterocycles. The largest absolute Gasteiger partial charge is 0.435 e. The molecule has 15 heavy (non-hydrogen) atoms. The summed E-state index contributed by atoms with van der Waals surface area (Å²) in [5.41, 5.74) is 0. The van der Waals surface area contributed by atoms with Gasteiger partial charge in [-0.2, -0.15) is 0 Å². The lowest BCUT2D eigenvalue weighted by Gasteiger charge is -2.11. The minimum atomic E-state index is -0.214. The maximum atomic E-state index is 11.0. The predicted octanol–water partition coefficient (Wildman–Crippen LogP) is 2.63. The number of esters is 1. The van der Waals surface area contributed by atoms with Crippen LogP contribution in [-0.2, 0) is 14.3 Å². The normalized spacial score (nSPS) is 34.2. The fraction of sp³-hybridized carbons (Fsp3) is 0.917. The van der Waals surface area contributed by atoms with Gasteiger partial charge >= 0.3 is 5.97 Å². The molecule has 0 bridgehead atoms. The number of carbonyl (C=O) groups excluding carboxylic acids is 1. The maximum Gasteiger partial charge on any atom is 0.308 e. The van der Waals surface area contributed by atoms with Crippen molar-refractivity contribution in [1.29, 1.82) is 0 Å². The number of fused-ring (bicyclic) bond motifs is 1. The van der Waals surface area contributed by atoms with Crippen LogP contribution in [0, 0.1) is 5.92 Å². The molecule has 2 aliphatic rings. The fourth-order valence-corrected chi connectivity index (χ4v) is 2.49. The summed E-state index contributed by atoms with van der Waals surface area (Å²) in [6.07, 6.45) is 7.96. The molecule has 2 saturated heterocycles. The smallest absolute Gasteiger partial charge is 0.308 e. The van der Waals surface area contributed by atoms with Gasteiger partial charge in [0.15, 0.2) is 0 Å². The highest BCUT2D eigenvalue weighted by atomic mass is 16.7. The van der Waals surface area contributed by atoms with Gasteiger partial charge in [-0.1, -0.05) is 32.6 Å². The van der Waals surface area contributed by atoms with Crippen LogP contribution >= 0.6 is 0 Å². The number of unbranched alkanes of at least 4 members (excludes halogenated alkanes) is 3. The Morgan fingerprint density at radius 2 is 2.20 bits per heavy atom. The van der Waals surface area contributed by atoms with E-state index in [2.05, 4.69) is 6.92 Å². The summed E-state index contributed by atoms with van der Waals surface area (Å²) in [5.74, 6) is 0.253. The number of hydrogen-bond donors (Lipinski definition) is 0. The quantitative estimate of drug-likeness (QED) is 0.519. The molecule has 0 saturated carbocycles. The first-order valence-corrected chi connectivity index (χ1v) is 6.14. The monoisotopic (exact) mass is 212 g/mol. The van der Waals surface area contributed by atoms with Crippen molar-refractivity contribution in [3.8, 4) is 0 Å². The third-order valence-corrected chi connectivity index (χ3v) is 3.33. The van der Waals surface area contributed by atoms with Crippen molar-refractivity contribution in [1.82, 2.24) is 0 Å². The third-order valence-electron chi connectivity index (χ3n) is 3.33. The van der Waals surface area contributed by atoms with Crippen LogP contribution in [0.3, 0.4) is 0 Å². The van der Waals surface area contributed by atoms with Gasteiger partial charge in [0.05, 0.1) is 12.5 Å². The van der Waals surface area contributed by atoms with E-state index in [1.165, 1.54) is 25.7 Å². The Hall–Kier alpha value is -0.570. The summed E-state index contributed by atoms with van der Waals surface area (Å²) in [6.45, 7) is 2.22. The number of rotatable bonds is 5. The highest BCUT2D eigenvalue weighted by Gasteiger charge is 2.43. The van der Waals surface area contributed by atoms with Crippen LogP contribution in [0.1, 0.15) is 51.9 Å². The summed E-state index contributed by atoms with van der Waals surface area (Å²) >= 11 is 0. The Morgan fingerprint density at radius 3 is 2.93 bits per heavy atom. The van der Waals surface area contributed by atoms with Crippen molar-refractivity contribution in [2.45, 2.75) is 64.3 Å². The summed E-state index contributed by atoms with van der Waals surface area (Å²) in [6, 6.07) is 0. The summed E-state index contributed by atoms with van der Waals surface area (Å²) in [4.78, 5) is 11.0. The predicted molar refractivity (Wildman–Crippen MR) is 56.2 cm³/mol. The highest BCUT2D eigenvalue weighted by molar-refractivity contribution is 5.72. The molecule has 0 radical (unpaired) electrons. The van der Waals surface area contributed by atoms with Crippen LogP contribution in [0.25, 0.3) is 0 Å². The molecule has 0 N–H and O–H groups in total. The molecule has 3 nitrogen and oxygen atoms in total. The summed E-state index contributed by atoms with van der Waals surface area (Å²) in [5, 5.41) is 0. The van der Waals surface area contributed by atoms with Gasteiger partial charge in [-0.3, -0.25) is 4.79 Å². The molecular weight excluding hydrogens is 192 g/mol. The van der Waals surface area contributed by atoms with Gasteiger partial charge in [0.25, 0.3) is 0 Å². The minimum absolute atomic E-state index is 0.0885. The zero-order valence-corrected chi connectivity index (χ0v) is 9.41. The van der Waals surface area contributed by atoms with Gasteiger partial charge in [0, 0.05) is 5.92 Å². The Labute approximate surface area is 91.1 Å². The molecule has 3 heteroatoms. The van der Waals surface area contributed by atoms with Crippen LogP contribution in [0.4, 0.5) is 0 Å². The minimum Gasteiger partial charge on any atom is -0.435 e. The van der Waals surface area contributed by atoms with E-state index in [1.54, 1.807) is 0 Å². The average Bonchev–Trinajstić information content (AvgIpc) is 2.69. The number of carbonyl (C=O) groups is 1. The molecule has 3 atom stereocenters. The van der Waals surface area contributed by atoms with Gasteiger partial charge in [-0.15, -0.1) is 0 Å². The second kappa shape index (κ2) is 4.97. The van der Waals surface area contributed by atoms with Crippen LogP contribution in [-0.4, -0.2) is 18.4 Å². The third kappa shape index (κ3) is 2.71. The molecule has 0 aromatic rings. The summed E-state index contributed by atoms with van der Waals surface area (Å²) < 4.78 is 10.8. The molecule has 0 amide bonds. The molecule has 2 fully saturated rings. The fourth-order valence-electron chi connectivity index (χ4n) is 2.49. The van der Waals surface area contributed by atoms with E-state index in [0.29, 0.717) is 18.4 Å². The van der Waals surface area contributed by atoms with E-state index in [4.69, 9.17) is 9.47 Å². The van der Waals surface area contributed by atoms with Gasteiger partial charge in [-0.25, -0.2) is 0 Å². The van der Waals surface area contributed by atoms with Gasteiger partial charge < -0.3 is 9.47 Å². The van der Waals surface area contributed by atoms with Crippen LogP contribution in [0.2, 0.25) is 0 Å². The van der Waals surface area contributed by atoms with E-state index >= 15 is 0 Å². The maximum absolute atomic E-state index is 11.0. The standard InChI is InChI=1S/C12H20O3/c1-2-3-4-5-6-10-7-9-8-11(13)15-12(9)14-10/h9-10,12H,2-8H2,1H3/t9-,10?,12+/m0/s1. The number of hydrogen-bond acceptors (Lipinski definition) is 3. The highest BCUT2D eigenvalue weighted by Crippen LogP contribution is 2.37. The molecule has 0 aromatic heterocycles. The van der Waals surface area contributed by atoms with E-state index in [1.807, 2.05) is 0 Å². The lowest BCUT2D eigenvalue weighted by atomic mass is 9.99. The Bertz CT molecular complexity index is 211. The van der Waals surface area contributed by atoms with Gasteiger partial charge in [-0.05, 0) is 12.8 Å².